The van der Waals surface area contributed by atoms with Gasteiger partial charge in [0.1, 0.15) is 0 Å². The second kappa shape index (κ2) is 6.10. The predicted molar refractivity (Wildman–Crippen MR) is 63.3 cm³/mol. The number of ether oxygens (including phenoxy) is 2. The van der Waals surface area contributed by atoms with E-state index in [0.29, 0.717) is 6.04 Å². The molecule has 0 saturated carbocycles. The molecule has 4 nitrogen and oxygen atoms in total. The molecule has 0 unspecified atom stereocenters. The van der Waals surface area contributed by atoms with Crippen LogP contribution in [0.15, 0.2) is 18.3 Å². The molecule has 1 aliphatic rings. The van der Waals surface area contributed by atoms with Crippen molar-refractivity contribution >= 4 is 5.69 Å². The van der Waals surface area contributed by atoms with E-state index in [1.807, 2.05) is 0 Å². The van der Waals surface area contributed by atoms with E-state index in [-0.39, 0.29) is 5.88 Å². The molecule has 0 radical (unpaired) electrons. The molecule has 0 spiro atoms. The number of alkyl halides is 3. The van der Waals surface area contributed by atoms with Gasteiger partial charge in [-0.15, -0.1) is 0 Å². The predicted octanol–water partition coefficient (Wildman–Crippen LogP) is 2.61. The van der Waals surface area contributed by atoms with Crippen LogP contribution < -0.4 is 10.1 Å². The maximum Gasteiger partial charge on any atom is 0.422 e. The van der Waals surface area contributed by atoms with Gasteiger partial charge in [0, 0.05) is 25.3 Å². The lowest BCUT2D eigenvalue weighted by molar-refractivity contribution is -0.154. The molecular weight excluding hydrogens is 261 g/mol. The summed E-state index contributed by atoms with van der Waals surface area (Å²) in [5.41, 5.74) is 0.770. The van der Waals surface area contributed by atoms with Gasteiger partial charge >= 0.3 is 6.18 Å². The highest BCUT2D eigenvalue weighted by atomic mass is 19.4. The molecule has 0 atom stereocenters. The highest BCUT2D eigenvalue weighted by Gasteiger charge is 2.28. The third-order valence-corrected chi connectivity index (χ3v) is 2.71. The van der Waals surface area contributed by atoms with Crippen LogP contribution in [0.1, 0.15) is 12.8 Å². The van der Waals surface area contributed by atoms with Crippen molar-refractivity contribution in [1.82, 2.24) is 4.98 Å². The van der Waals surface area contributed by atoms with E-state index in [4.69, 9.17) is 4.74 Å². The van der Waals surface area contributed by atoms with Crippen molar-refractivity contribution in [3.8, 4) is 5.88 Å². The molecule has 0 bridgehead atoms. The molecule has 1 aliphatic heterocycles. The summed E-state index contributed by atoms with van der Waals surface area (Å²) in [5, 5.41) is 3.26. The third kappa shape index (κ3) is 4.94. The number of anilines is 1. The molecule has 0 aliphatic carbocycles. The highest BCUT2D eigenvalue weighted by Crippen LogP contribution is 2.19. The van der Waals surface area contributed by atoms with Crippen LogP contribution in [0.4, 0.5) is 18.9 Å². The lowest BCUT2D eigenvalue weighted by Gasteiger charge is -2.23. The number of hydrogen-bond donors (Lipinski definition) is 1. The van der Waals surface area contributed by atoms with E-state index < -0.39 is 12.8 Å². The lowest BCUT2D eigenvalue weighted by atomic mass is 10.1. The zero-order chi connectivity index (χ0) is 13.7. The summed E-state index contributed by atoms with van der Waals surface area (Å²) in [5.74, 6) is -0.0325. The van der Waals surface area contributed by atoms with Crippen molar-refractivity contribution < 1.29 is 22.6 Å². The van der Waals surface area contributed by atoms with Crippen molar-refractivity contribution in [1.29, 1.82) is 0 Å². The molecule has 19 heavy (non-hydrogen) atoms. The first-order valence-electron chi connectivity index (χ1n) is 6.03. The minimum atomic E-state index is -4.35. The lowest BCUT2D eigenvalue weighted by Crippen LogP contribution is -2.27. The Morgan fingerprint density at radius 2 is 2.05 bits per heavy atom. The summed E-state index contributed by atoms with van der Waals surface area (Å²) >= 11 is 0. The van der Waals surface area contributed by atoms with E-state index in [9.17, 15) is 13.2 Å². The molecule has 1 fully saturated rings. The number of rotatable bonds is 4. The van der Waals surface area contributed by atoms with Gasteiger partial charge in [0.05, 0.1) is 11.9 Å². The van der Waals surface area contributed by atoms with E-state index >= 15 is 0 Å². The maximum absolute atomic E-state index is 12.0. The van der Waals surface area contributed by atoms with Gasteiger partial charge in [-0.25, -0.2) is 4.98 Å². The Hall–Kier alpha value is -1.50. The van der Waals surface area contributed by atoms with E-state index in [0.717, 1.165) is 31.7 Å². The van der Waals surface area contributed by atoms with Gasteiger partial charge in [-0.2, -0.15) is 13.2 Å². The SMILES string of the molecule is FC(F)(F)COc1ccc(NC2CCOCC2)cn1. The van der Waals surface area contributed by atoms with E-state index in [2.05, 4.69) is 15.0 Å². The molecule has 1 N–H and O–H groups in total. The van der Waals surface area contributed by atoms with Crippen molar-refractivity contribution in [2.24, 2.45) is 0 Å². The molecular formula is C12H15F3N2O2. The maximum atomic E-state index is 12.0. The van der Waals surface area contributed by atoms with Gasteiger partial charge < -0.3 is 14.8 Å². The topological polar surface area (TPSA) is 43.4 Å². The Balaban J connectivity index is 1.83. The number of pyridine rings is 1. The smallest absolute Gasteiger partial charge is 0.422 e. The van der Waals surface area contributed by atoms with Crippen LogP contribution in [0, 0.1) is 0 Å². The molecule has 2 rings (SSSR count). The fourth-order valence-electron chi connectivity index (χ4n) is 1.78. The monoisotopic (exact) mass is 276 g/mol. The van der Waals surface area contributed by atoms with Crippen molar-refractivity contribution in [3.05, 3.63) is 18.3 Å². The molecule has 1 saturated heterocycles. The molecule has 0 amide bonds. The van der Waals surface area contributed by atoms with Crippen LogP contribution in [0.5, 0.6) is 5.88 Å². The fourth-order valence-corrected chi connectivity index (χ4v) is 1.78. The minimum absolute atomic E-state index is 0.0325. The van der Waals surface area contributed by atoms with Crippen molar-refractivity contribution in [3.63, 3.8) is 0 Å². The first-order chi connectivity index (χ1) is 9.03. The first kappa shape index (κ1) is 13.9. The first-order valence-corrected chi connectivity index (χ1v) is 6.03. The molecule has 106 valence electrons. The van der Waals surface area contributed by atoms with Crippen LogP contribution >= 0.6 is 0 Å². The highest BCUT2D eigenvalue weighted by molar-refractivity contribution is 5.43. The summed E-state index contributed by atoms with van der Waals surface area (Å²) < 4.78 is 45.6. The number of nitrogens with zero attached hydrogens (tertiary/aromatic N) is 1. The standard InChI is InChI=1S/C12H15F3N2O2/c13-12(14,15)8-19-11-2-1-10(7-16-11)17-9-3-5-18-6-4-9/h1-2,7,9,17H,3-6,8H2. The quantitative estimate of drug-likeness (QED) is 0.918. The average Bonchev–Trinajstić information content (AvgIpc) is 2.38. The Labute approximate surface area is 108 Å². The van der Waals surface area contributed by atoms with Gasteiger partial charge in [-0.1, -0.05) is 0 Å². The largest absolute Gasteiger partial charge is 0.468 e. The summed E-state index contributed by atoms with van der Waals surface area (Å²) in [6.07, 6.45) is -1.06. The number of halogens is 3. The zero-order valence-electron chi connectivity index (χ0n) is 10.2. The van der Waals surface area contributed by atoms with Gasteiger partial charge in [0.15, 0.2) is 6.61 Å². The Morgan fingerprint density at radius 3 is 2.63 bits per heavy atom. The van der Waals surface area contributed by atoms with Gasteiger partial charge in [-0.05, 0) is 18.9 Å². The molecule has 1 aromatic rings. The second-order valence-corrected chi connectivity index (χ2v) is 4.32. The second-order valence-electron chi connectivity index (χ2n) is 4.32. The van der Waals surface area contributed by atoms with Crippen LogP contribution in [0.3, 0.4) is 0 Å². The number of hydrogen-bond acceptors (Lipinski definition) is 4. The normalized spacial score (nSPS) is 17.2. The van der Waals surface area contributed by atoms with Crippen LogP contribution in [0.25, 0.3) is 0 Å². The zero-order valence-corrected chi connectivity index (χ0v) is 10.2. The van der Waals surface area contributed by atoms with Crippen LogP contribution in [0.2, 0.25) is 0 Å². The Kier molecular flexibility index (Phi) is 4.47. The summed E-state index contributed by atoms with van der Waals surface area (Å²) in [6, 6.07) is 3.40. The number of aromatic nitrogens is 1. The Bertz CT molecular complexity index is 389. The summed E-state index contributed by atoms with van der Waals surface area (Å²) in [6.45, 7) is 0.114. The fraction of sp³-hybridized carbons (Fsp3) is 0.583. The van der Waals surface area contributed by atoms with Crippen molar-refractivity contribution in [2.45, 2.75) is 25.1 Å². The van der Waals surface area contributed by atoms with E-state index in [1.54, 1.807) is 6.07 Å². The molecule has 1 aromatic heterocycles. The minimum Gasteiger partial charge on any atom is -0.468 e. The van der Waals surface area contributed by atoms with Crippen LogP contribution in [-0.2, 0) is 4.74 Å². The molecule has 0 aromatic carbocycles. The van der Waals surface area contributed by atoms with Gasteiger partial charge in [0.25, 0.3) is 0 Å². The van der Waals surface area contributed by atoms with Gasteiger partial charge in [0.2, 0.25) is 5.88 Å². The Morgan fingerprint density at radius 1 is 1.32 bits per heavy atom. The van der Waals surface area contributed by atoms with Crippen LogP contribution in [-0.4, -0.2) is 37.0 Å². The van der Waals surface area contributed by atoms with E-state index in [1.165, 1.54) is 12.3 Å². The molecule has 2 heterocycles. The average molecular weight is 276 g/mol. The van der Waals surface area contributed by atoms with Gasteiger partial charge in [-0.3, -0.25) is 0 Å². The van der Waals surface area contributed by atoms with Crippen molar-refractivity contribution in [2.75, 3.05) is 25.1 Å². The number of nitrogens with one attached hydrogen (secondary N) is 1. The molecule has 7 heteroatoms. The summed E-state index contributed by atoms with van der Waals surface area (Å²) in [4.78, 5) is 3.83. The summed E-state index contributed by atoms with van der Waals surface area (Å²) in [7, 11) is 0. The third-order valence-electron chi connectivity index (χ3n) is 2.71.